The Morgan fingerprint density at radius 3 is 2.74 bits per heavy atom. The highest BCUT2D eigenvalue weighted by Gasteiger charge is 2.09. The van der Waals surface area contributed by atoms with Crippen LogP contribution in [0.1, 0.15) is 33.5 Å². The first kappa shape index (κ1) is 16.9. The molecule has 1 heterocycles. The summed E-state index contributed by atoms with van der Waals surface area (Å²) in [5.41, 5.74) is 1.91. The maximum Gasteiger partial charge on any atom is 0.331 e. The lowest BCUT2D eigenvalue weighted by molar-refractivity contribution is -0.138. The molecule has 2 aromatic rings. The molecule has 6 heteroatoms. The molecular formula is C17H17NO4S. The fraction of sp³-hybridized carbons (Fsp3) is 0.235. The van der Waals surface area contributed by atoms with Gasteiger partial charge in [0.1, 0.15) is 12.4 Å². The van der Waals surface area contributed by atoms with E-state index in [2.05, 4.69) is 4.98 Å². The van der Waals surface area contributed by atoms with Gasteiger partial charge in [-0.2, -0.15) is 0 Å². The molecule has 0 N–H and O–H groups in total. The monoisotopic (exact) mass is 331 g/mol. The maximum atomic E-state index is 11.8. The first-order valence-electron chi connectivity index (χ1n) is 6.94. The molecule has 120 valence electrons. The van der Waals surface area contributed by atoms with Crippen LogP contribution < -0.4 is 4.74 Å². The minimum absolute atomic E-state index is 0.0313. The average molecular weight is 331 g/mol. The average Bonchev–Trinajstić information content (AvgIpc) is 2.96. The zero-order valence-corrected chi connectivity index (χ0v) is 14.0. The number of thiazole rings is 1. The van der Waals surface area contributed by atoms with Crippen LogP contribution in [0.4, 0.5) is 0 Å². The largest absolute Gasteiger partial charge is 0.496 e. The zero-order chi connectivity index (χ0) is 16.8. The van der Waals surface area contributed by atoms with Gasteiger partial charge in [-0.25, -0.2) is 9.78 Å². The van der Waals surface area contributed by atoms with E-state index in [4.69, 9.17) is 9.47 Å². The van der Waals surface area contributed by atoms with Crippen molar-refractivity contribution in [2.45, 2.75) is 20.5 Å². The van der Waals surface area contributed by atoms with E-state index in [9.17, 15) is 9.59 Å². The molecule has 0 aliphatic rings. The summed E-state index contributed by atoms with van der Waals surface area (Å²) in [7, 11) is 1.53. The molecule has 0 aliphatic heterocycles. The number of benzene rings is 1. The van der Waals surface area contributed by atoms with Crippen molar-refractivity contribution < 1.29 is 19.1 Å². The maximum absolute atomic E-state index is 11.8. The quantitative estimate of drug-likeness (QED) is 0.461. The van der Waals surface area contributed by atoms with E-state index >= 15 is 0 Å². The lowest BCUT2D eigenvalue weighted by Gasteiger charge is -2.09. The molecule has 0 spiro atoms. The van der Waals surface area contributed by atoms with Crippen LogP contribution >= 0.6 is 11.3 Å². The third-order valence-electron chi connectivity index (χ3n) is 3.08. The summed E-state index contributed by atoms with van der Waals surface area (Å²) in [4.78, 5) is 27.4. The first-order valence-corrected chi connectivity index (χ1v) is 7.82. The van der Waals surface area contributed by atoms with Gasteiger partial charge in [-0.05, 0) is 38.1 Å². The summed E-state index contributed by atoms with van der Waals surface area (Å²) in [5, 5.41) is 2.79. The number of hydrogen-bond donors (Lipinski definition) is 0. The number of aryl methyl sites for hydroxylation is 1. The normalized spacial score (nSPS) is 10.7. The van der Waals surface area contributed by atoms with Crippen molar-refractivity contribution >= 4 is 29.2 Å². The summed E-state index contributed by atoms with van der Waals surface area (Å²) in [5.74, 6) is 0.0341. The summed E-state index contributed by atoms with van der Waals surface area (Å²) in [6.07, 6.45) is 2.94. The Balaban J connectivity index is 2.02. The third kappa shape index (κ3) is 4.75. The van der Waals surface area contributed by atoms with Gasteiger partial charge in [0.25, 0.3) is 0 Å². The van der Waals surface area contributed by atoms with Crippen LogP contribution in [0.2, 0.25) is 0 Å². The molecule has 5 nitrogen and oxygen atoms in total. The molecular weight excluding hydrogens is 314 g/mol. The predicted octanol–water partition coefficient (Wildman–Crippen LogP) is 3.42. The van der Waals surface area contributed by atoms with Crippen molar-refractivity contribution in [3.63, 3.8) is 0 Å². The summed E-state index contributed by atoms with van der Waals surface area (Å²) in [6.45, 7) is 3.41. The van der Waals surface area contributed by atoms with Crippen LogP contribution in [0.15, 0.2) is 29.7 Å². The fourth-order valence-corrected chi connectivity index (χ4v) is 2.50. The topological polar surface area (TPSA) is 65.5 Å². The molecule has 0 saturated carbocycles. The standard InChI is InChI=1S/C17H17NO4S/c1-11(19)13-4-6-16(21-3)14(8-13)9-22-17(20)7-5-15-10-23-12(2)18-15/h4-8,10H,9H2,1-3H3/b7-5+. The second-order valence-electron chi connectivity index (χ2n) is 4.82. The Kier molecular flexibility index (Phi) is 5.65. The fourth-order valence-electron chi connectivity index (χ4n) is 1.92. The van der Waals surface area contributed by atoms with Gasteiger partial charge < -0.3 is 9.47 Å². The Labute approximate surface area is 138 Å². The number of aromatic nitrogens is 1. The first-order chi connectivity index (χ1) is 11.0. The van der Waals surface area contributed by atoms with E-state index in [0.29, 0.717) is 16.9 Å². The van der Waals surface area contributed by atoms with Gasteiger partial charge in [-0.1, -0.05) is 0 Å². The SMILES string of the molecule is COc1ccc(C(C)=O)cc1COC(=O)/C=C/c1csc(C)n1. The molecule has 1 aromatic heterocycles. The van der Waals surface area contributed by atoms with Gasteiger partial charge in [0.05, 0.1) is 17.8 Å². The second kappa shape index (κ2) is 7.69. The van der Waals surface area contributed by atoms with Crippen LogP contribution in [0.5, 0.6) is 5.75 Å². The Bertz CT molecular complexity index is 749. The minimum Gasteiger partial charge on any atom is -0.496 e. The number of carbonyl (C=O) groups is 2. The molecule has 0 amide bonds. The molecule has 2 rings (SSSR count). The van der Waals surface area contributed by atoms with E-state index in [1.165, 1.54) is 31.4 Å². The van der Waals surface area contributed by atoms with Crippen LogP contribution in [0, 0.1) is 6.92 Å². The predicted molar refractivity (Wildman–Crippen MR) is 88.7 cm³/mol. The lowest BCUT2D eigenvalue weighted by atomic mass is 10.1. The van der Waals surface area contributed by atoms with Crippen molar-refractivity contribution in [3.05, 3.63) is 51.5 Å². The molecule has 1 aromatic carbocycles. The lowest BCUT2D eigenvalue weighted by Crippen LogP contribution is -2.04. The number of esters is 1. The molecule has 0 aliphatic carbocycles. The van der Waals surface area contributed by atoms with E-state index < -0.39 is 5.97 Å². The van der Waals surface area contributed by atoms with Gasteiger partial charge >= 0.3 is 5.97 Å². The van der Waals surface area contributed by atoms with Gasteiger partial charge in [0.15, 0.2) is 5.78 Å². The Morgan fingerprint density at radius 1 is 1.35 bits per heavy atom. The van der Waals surface area contributed by atoms with E-state index in [-0.39, 0.29) is 12.4 Å². The number of ketones is 1. The Morgan fingerprint density at radius 2 is 2.13 bits per heavy atom. The molecule has 0 fully saturated rings. The summed E-state index contributed by atoms with van der Waals surface area (Å²) >= 11 is 1.51. The van der Waals surface area contributed by atoms with E-state index in [0.717, 1.165) is 10.7 Å². The van der Waals surface area contributed by atoms with Gasteiger partial charge in [0, 0.05) is 22.6 Å². The molecule has 0 saturated heterocycles. The molecule has 0 radical (unpaired) electrons. The highest BCUT2D eigenvalue weighted by molar-refractivity contribution is 7.09. The number of rotatable bonds is 6. The van der Waals surface area contributed by atoms with Crippen LogP contribution in [-0.4, -0.2) is 23.8 Å². The number of nitrogens with zero attached hydrogens (tertiary/aromatic N) is 1. The summed E-state index contributed by atoms with van der Waals surface area (Å²) in [6, 6.07) is 5.03. The third-order valence-corrected chi connectivity index (χ3v) is 3.88. The Hall–Kier alpha value is -2.47. The van der Waals surface area contributed by atoms with Crippen molar-refractivity contribution in [1.29, 1.82) is 0 Å². The van der Waals surface area contributed by atoms with E-state index in [1.807, 2.05) is 12.3 Å². The van der Waals surface area contributed by atoms with Crippen molar-refractivity contribution in [3.8, 4) is 5.75 Å². The molecule has 0 unspecified atom stereocenters. The van der Waals surface area contributed by atoms with Crippen molar-refractivity contribution in [2.75, 3.05) is 7.11 Å². The highest BCUT2D eigenvalue weighted by Crippen LogP contribution is 2.21. The smallest absolute Gasteiger partial charge is 0.331 e. The van der Waals surface area contributed by atoms with Crippen LogP contribution in [0.3, 0.4) is 0 Å². The van der Waals surface area contributed by atoms with Crippen molar-refractivity contribution in [1.82, 2.24) is 4.98 Å². The minimum atomic E-state index is -0.481. The van der Waals surface area contributed by atoms with E-state index in [1.54, 1.807) is 24.3 Å². The van der Waals surface area contributed by atoms with Gasteiger partial charge in [-0.3, -0.25) is 4.79 Å². The molecule has 0 atom stereocenters. The van der Waals surface area contributed by atoms with Crippen molar-refractivity contribution in [2.24, 2.45) is 0 Å². The zero-order valence-electron chi connectivity index (χ0n) is 13.2. The number of methoxy groups -OCH3 is 1. The number of ether oxygens (including phenoxy) is 2. The molecule has 0 bridgehead atoms. The number of hydrogen-bond acceptors (Lipinski definition) is 6. The van der Waals surface area contributed by atoms with Gasteiger partial charge in [0.2, 0.25) is 0 Å². The van der Waals surface area contributed by atoms with Gasteiger partial charge in [-0.15, -0.1) is 11.3 Å². The second-order valence-corrected chi connectivity index (χ2v) is 5.88. The van der Waals surface area contributed by atoms with Crippen LogP contribution in [-0.2, 0) is 16.1 Å². The van der Waals surface area contributed by atoms with Crippen LogP contribution in [0.25, 0.3) is 6.08 Å². The summed E-state index contributed by atoms with van der Waals surface area (Å²) < 4.78 is 10.4. The highest BCUT2D eigenvalue weighted by atomic mass is 32.1. The number of carbonyl (C=O) groups excluding carboxylic acids is 2. The molecule has 23 heavy (non-hydrogen) atoms. The number of Topliss-reactive ketones (excluding diaryl/α,β-unsaturated/α-hetero) is 1.